The normalized spacial score (nSPS) is 11.8. The van der Waals surface area contributed by atoms with E-state index in [1.54, 1.807) is 30.3 Å². The van der Waals surface area contributed by atoms with E-state index in [0.29, 0.717) is 16.4 Å². The molecule has 0 aliphatic heterocycles. The highest BCUT2D eigenvalue weighted by Gasteiger charge is 2.15. The third-order valence-corrected chi connectivity index (χ3v) is 3.91. The van der Waals surface area contributed by atoms with E-state index < -0.39 is 11.9 Å². The smallest absolute Gasteiger partial charge is 0.335 e. The lowest BCUT2D eigenvalue weighted by Gasteiger charge is -2.16. The van der Waals surface area contributed by atoms with Crippen molar-refractivity contribution in [1.29, 1.82) is 0 Å². The minimum Gasteiger partial charge on any atom is -0.481 e. The fourth-order valence-corrected chi connectivity index (χ4v) is 2.46. The van der Waals surface area contributed by atoms with Gasteiger partial charge in [-0.15, -0.1) is 0 Å². The Morgan fingerprint density at radius 3 is 2.33 bits per heavy atom. The Labute approximate surface area is 143 Å². The molecule has 0 fully saturated rings. The molecule has 7 heteroatoms. The molecule has 0 unspecified atom stereocenters. The first-order valence-electron chi connectivity index (χ1n) is 7.22. The number of nitrogens with two attached hydrogens (primary N) is 1. The summed E-state index contributed by atoms with van der Waals surface area (Å²) in [6.07, 6.45) is -0.0646. The third kappa shape index (κ3) is 4.47. The van der Waals surface area contributed by atoms with Crippen molar-refractivity contribution in [2.75, 3.05) is 11.9 Å². The molecule has 0 bridgehead atoms. The van der Waals surface area contributed by atoms with Gasteiger partial charge in [0.2, 0.25) is 0 Å². The summed E-state index contributed by atoms with van der Waals surface area (Å²) in [4.78, 5) is 21.8. The van der Waals surface area contributed by atoms with Crippen LogP contribution in [0, 0.1) is 0 Å². The van der Waals surface area contributed by atoms with Crippen LogP contribution >= 0.6 is 11.6 Å². The van der Waals surface area contributed by atoms with Crippen LogP contribution in [0.1, 0.15) is 28.3 Å². The lowest BCUT2D eigenvalue weighted by molar-refractivity contribution is -0.137. The van der Waals surface area contributed by atoms with Crippen molar-refractivity contribution in [2.24, 2.45) is 5.73 Å². The van der Waals surface area contributed by atoms with Gasteiger partial charge in [0.05, 0.1) is 22.7 Å². The van der Waals surface area contributed by atoms with Gasteiger partial charge in [0, 0.05) is 11.6 Å². The van der Waals surface area contributed by atoms with Crippen LogP contribution in [-0.4, -0.2) is 28.7 Å². The van der Waals surface area contributed by atoms with Gasteiger partial charge in [-0.25, -0.2) is 4.79 Å². The number of hydrogen-bond acceptors (Lipinski definition) is 4. The van der Waals surface area contributed by atoms with Gasteiger partial charge < -0.3 is 21.3 Å². The molecule has 0 saturated carbocycles. The topological polar surface area (TPSA) is 113 Å². The Morgan fingerprint density at radius 1 is 1.12 bits per heavy atom. The largest absolute Gasteiger partial charge is 0.481 e. The van der Waals surface area contributed by atoms with E-state index in [4.69, 9.17) is 27.5 Å². The van der Waals surface area contributed by atoms with Gasteiger partial charge in [-0.2, -0.15) is 0 Å². The maximum Gasteiger partial charge on any atom is 0.335 e. The summed E-state index contributed by atoms with van der Waals surface area (Å²) < 4.78 is 0. The second-order valence-electron chi connectivity index (χ2n) is 5.28. The molecule has 2 aromatic rings. The zero-order valence-corrected chi connectivity index (χ0v) is 13.5. The van der Waals surface area contributed by atoms with E-state index in [1.807, 2.05) is 0 Å². The van der Waals surface area contributed by atoms with Crippen molar-refractivity contribution >= 4 is 34.9 Å². The molecule has 6 nitrogen and oxygen atoms in total. The summed E-state index contributed by atoms with van der Waals surface area (Å²) in [6.45, 7) is 0.209. The average molecular weight is 349 g/mol. The Kier molecular flexibility index (Phi) is 5.78. The number of anilines is 2. The molecule has 0 amide bonds. The van der Waals surface area contributed by atoms with Crippen LogP contribution in [0.15, 0.2) is 42.5 Å². The molecule has 24 heavy (non-hydrogen) atoms. The standard InChI is InChI=1S/C17H17ClN2O4/c18-14-6-3-11(12(9-19)8-16(21)22)7-15(14)20-13-4-1-10(2-5-13)17(23)24/h1-7,12,20H,8-9,19H2,(H,21,22)(H,23,24)/t12-/m0/s1. The number of carboxylic acids is 2. The van der Waals surface area contributed by atoms with Crippen molar-refractivity contribution in [3.05, 3.63) is 58.6 Å². The van der Waals surface area contributed by atoms with E-state index in [-0.39, 0.29) is 24.4 Å². The number of hydrogen-bond donors (Lipinski definition) is 4. The summed E-state index contributed by atoms with van der Waals surface area (Å²) in [6, 6.07) is 11.4. The second kappa shape index (κ2) is 7.81. The van der Waals surface area contributed by atoms with Gasteiger partial charge >= 0.3 is 11.9 Å². The number of aromatic carboxylic acids is 1. The lowest BCUT2D eigenvalue weighted by Crippen LogP contribution is -2.16. The highest BCUT2D eigenvalue weighted by Crippen LogP contribution is 2.30. The molecule has 126 valence electrons. The number of halogens is 1. The number of nitrogens with one attached hydrogen (secondary N) is 1. The van der Waals surface area contributed by atoms with Crippen molar-refractivity contribution in [3.8, 4) is 0 Å². The molecule has 5 N–H and O–H groups in total. The van der Waals surface area contributed by atoms with Gasteiger partial charge in [-0.05, 0) is 48.5 Å². The first-order valence-corrected chi connectivity index (χ1v) is 7.60. The molecular weight excluding hydrogens is 332 g/mol. The lowest BCUT2D eigenvalue weighted by atomic mass is 9.95. The van der Waals surface area contributed by atoms with Crippen molar-refractivity contribution in [3.63, 3.8) is 0 Å². The second-order valence-corrected chi connectivity index (χ2v) is 5.68. The van der Waals surface area contributed by atoms with Crippen LogP contribution in [-0.2, 0) is 4.79 Å². The summed E-state index contributed by atoms with van der Waals surface area (Å²) in [5.74, 6) is -2.23. The predicted molar refractivity (Wildman–Crippen MR) is 92.2 cm³/mol. The first kappa shape index (κ1) is 17.8. The van der Waals surface area contributed by atoms with E-state index in [1.165, 1.54) is 12.1 Å². The fourth-order valence-electron chi connectivity index (χ4n) is 2.29. The Hall–Kier alpha value is -2.57. The molecule has 0 spiro atoms. The molecule has 0 aliphatic carbocycles. The van der Waals surface area contributed by atoms with Crippen LogP contribution in [0.4, 0.5) is 11.4 Å². The number of aliphatic carboxylic acids is 1. The maximum absolute atomic E-state index is 10.9. The van der Waals surface area contributed by atoms with Crippen molar-refractivity contribution < 1.29 is 19.8 Å². The molecular formula is C17H17ClN2O4. The molecule has 1 atom stereocenters. The van der Waals surface area contributed by atoms with Gasteiger partial charge in [0.15, 0.2) is 0 Å². The van der Waals surface area contributed by atoms with Gasteiger partial charge in [0.25, 0.3) is 0 Å². The summed E-state index contributed by atoms with van der Waals surface area (Å²) >= 11 is 6.18. The van der Waals surface area contributed by atoms with E-state index >= 15 is 0 Å². The quantitative estimate of drug-likeness (QED) is 0.610. The molecule has 0 heterocycles. The summed E-state index contributed by atoms with van der Waals surface area (Å²) in [7, 11) is 0. The number of carboxylic acid groups (broad SMARTS) is 2. The zero-order valence-electron chi connectivity index (χ0n) is 12.7. The zero-order chi connectivity index (χ0) is 17.7. The minimum atomic E-state index is -0.999. The van der Waals surface area contributed by atoms with Gasteiger partial charge in [-0.1, -0.05) is 17.7 Å². The summed E-state index contributed by atoms with van der Waals surface area (Å²) in [5.41, 5.74) is 7.89. The van der Waals surface area contributed by atoms with Crippen LogP contribution in [0.25, 0.3) is 0 Å². The monoisotopic (exact) mass is 348 g/mol. The number of rotatable bonds is 7. The van der Waals surface area contributed by atoms with Crippen LogP contribution in [0.2, 0.25) is 5.02 Å². The Bertz CT molecular complexity index is 747. The number of benzene rings is 2. The fraction of sp³-hybridized carbons (Fsp3) is 0.176. The van der Waals surface area contributed by atoms with Crippen molar-refractivity contribution in [2.45, 2.75) is 12.3 Å². The number of carbonyl (C=O) groups is 2. The molecule has 0 aromatic heterocycles. The van der Waals surface area contributed by atoms with Gasteiger partial charge in [0.1, 0.15) is 0 Å². The predicted octanol–water partition coefficient (Wildman–Crippen LogP) is 3.30. The first-order chi connectivity index (χ1) is 11.4. The maximum atomic E-state index is 10.9. The van der Waals surface area contributed by atoms with E-state index in [0.717, 1.165) is 5.56 Å². The van der Waals surface area contributed by atoms with Crippen LogP contribution in [0.3, 0.4) is 0 Å². The third-order valence-electron chi connectivity index (χ3n) is 3.58. The SMILES string of the molecule is NC[C@H](CC(=O)O)c1ccc(Cl)c(Nc2ccc(C(=O)O)cc2)c1. The van der Waals surface area contributed by atoms with E-state index in [2.05, 4.69) is 5.32 Å². The molecule has 2 rings (SSSR count). The molecule has 0 saturated heterocycles. The van der Waals surface area contributed by atoms with Gasteiger partial charge in [-0.3, -0.25) is 4.79 Å². The molecule has 2 aromatic carbocycles. The minimum absolute atomic E-state index is 0.0646. The molecule has 0 radical (unpaired) electrons. The van der Waals surface area contributed by atoms with Crippen LogP contribution < -0.4 is 11.1 Å². The van der Waals surface area contributed by atoms with Crippen LogP contribution in [0.5, 0.6) is 0 Å². The molecule has 0 aliphatic rings. The highest BCUT2D eigenvalue weighted by molar-refractivity contribution is 6.33. The Morgan fingerprint density at radius 2 is 1.79 bits per heavy atom. The average Bonchev–Trinajstić information content (AvgIpc) is 2.55. The summed E-state index contributed by atoms with van der Waals surface area (Å²) in [5, 5.41) is 21.4. The van der Waals surface area contributed by atoms with E-state index in [9.17, 15) is 9.59 Å². The highest BCUT2D eigenvalue weighted by atomic mass is 35.5. The Balaban J connectivity index is 2.24. The van der Waals surface area contributed by atoms with Crippen molar-refractivity contribution in [1.82, 2.24) is 0 Å².